The number of amides is 4. The molecular formula is C59H84N6O17. The number of esters is 1. The second kappa shape index (κ2) is 32.8. The maximum absolute atomic E-state index is 13.3. The lowest BCUT2D eigenvalue weighted by atomic mass is 9.85. The maximum Gasteiger partial charge on any atom is 0.405 e. The summed E-state index contributed by atoms with van der Waals surface area (Å²) in [4.78, 5) is 113. The second-order valence-electron chi connectivity index (χ2n) is 20.5. The molecule has 0 unspecified atom stereocenters. The molecule has 23 nitrogen and oxygen atoms in total. The fourth-order valence-corrected chi connectivity index (χ4v) is 9.57. The van der Waals surface area contributed by atoms with Crippen LogP contribution in [0.15, 0.2) is 117 Å². The first-order valence-electron chi connectivity index (χ1n) is 26.2. The standard InChI is InChI=1S/C30H41N3O9.C28H39N3O8.CH4/c1-15-11-20-25(31)22(35)14-21(26(20)36)33-29(37)16(2)9-8-10-23(39-6)27(42-30(32)38)17(3)13-18(4)28(41-19(5)34)24(12-15)40-7;1-14-10-18-23(29)20(32)13-19(25(18)34)31-27(35)15(2)8-7-9-21(37-5)26(39-28(30)36)17(4)12-16(3)24(33)22(11-14)38-6;/h8-10,13-15,18,23-24,27-28H,11-12,31H2,1-7H3,(H2,32,38)(H,33,37);7-9,12-14,16,21-22,24,26,33H,10-11,29H2,1-6H3,(H2,30,36)(H,31,35);1H4/b10-8-,16-9+,17-13+;9-7-,15-8+,17-12+;/t15-,18+,23+,24+,27+,28+;14-,16+,21+,22+,24-,26+;/m11./s1. The van der Waals surface area contributed by atoms with Crippen molar-refractivity contribution in [3.8, 4) is 0 Å². The van der Waals surface area contributed by atoms with Crippen molar-refractivity contribution in [1.82, 2.24) is 10.6 Å². The molecule has 4 amide bonds. The number of nitrogens with one attached hydrogen (secondary N) is 2. The van der Waals surface area contributed by atoms with Gasteiger partial charge in [-0.05, 0) is 76.4 Å². The highest BCUT2D eigenvalue weighted by atomic mass is 16.6. The summed E-state index contributed by atoms with van der Waals surface area (Å²) in [5, 5.41) is 16.1. The molecule has 0 spiro atoms. The molecule has 0 aromatic carbocycles. The van der Waals surface area contributed by atoms with Crippen molar-refractivity contribution in [2.45, 2.75) is 144 Å². The zero-order chi connectivity index (χ0) is 61.2. The van der Waals surface area contributed by atoms with Crippen LogP contribution in [-0.2, 0) is 66.7 Å². The van der Waals surface area contributed by atoms with Gasteiger partial charge in [-0.25, -0.2) is 9.59 Å². The monoisotopic (exact) mass is 1150 g/mol. The van der Waals surface area contributed by atoms with Crippen molar-refractivity contribution in [1.29, 1.82) is 0 Å². The number of carbonyl (C=O) groups excluding carboxylic acids is 9. The van der Waals surface area contributed by atoms with Crippen LogP contribution < -0.4 is 33.6 Å². The van der Waals surface area contributed by atoms with Crippen LogP contribution in [0.4, 0.5) is 9.59 Å². The Balaban J connectivity index is 0.000000555. The van der Waals surface area contributed by atoms with Crippen molar-refractivity contribution in [2.24, 2.45) is 46.6 Å². The van der Waals surface area contributed by atoms with Crippen LogP contribution in [0.3, 0.4) is 0 Å². The predicted molar refractivity (Wildman–Crippen MR) is 304 cm³/mol. The van der Waals surface area contributed by atoms with Crippen molar-refractivity contribution in [2.75, 3.05) is 28.4 Å². The number of nitrogens with two attached hydrogens (primary N) is 4. The number of ketones is 4. The number of aliphatic hydroxyl groups excluding tert-OH is 1. The summed E-state index contributed by atoms with van der Waals surface area (Å²) in [7, 11) is 5.79. The molecule has 2 aliphatic carbocycles. The maximum atomic E-state index is 13.3. The lowest BCUT2D eigenvalue weighted by molar-refractivity contribution is -0.157. The van der Waals surface area contributed by atoms with E-state index < -0.39 is 114 Å². The van der Waals surface area contributed by atoms with Gasteiger partial charge in [-0.2, -0.15) is 0 Å². The summed E-state index contributed by atoms with van der Waals surface area (Å²) in [5.41, 5.74) is 23.7. The van der Waals surface area contributed by atoms with E-state index in [2.05, 4.69) is 10.6 Å². The molecule has 82 heavy (non-hydrogen) atoms. The fraction of sp³-hybridized carbons (Fsp3) is 0.508. The molecule has 12 atom stereocenters. The van der Waals surface area contributed by atoms with Crippen molar-refractivity contribution >= 4 is 53.1 Å². The van der Waals surface area contributed by atoms with Gasteiger partial charge in [-0.15, -0.1) is 0 Å². The number of methoxy groups -OCH3 is 4. The number of hydrogen-bond acceptors (Lipinski definition) is 19. The number of ether oxygens (including phenoxy) is 7. The first-order valence-corrected chi connectivity index (χ1v) is 26.2. The molecule has 4 bridgehead atoms. The van der Waals surface area contributed by atoms with E-state index >= 15 is 0 Å². The van der Waals surface area contributed by atoms with Crippen molar-refractivity contribution < 1.29 is 81.4 Å². The molecular weight excluding hydrogens is 1060 g/mol. The minimum absolute atomic E-state index is 0. The fourth-order valence-electron chi connectivity index (χ4n) is 9.57. The van der Waals surface area contributed by atoms with E-state index in [0.717, 1.165) is 12.2 Å². The largest absolute Gasteiger partial charge is 0.459 e. The van der Waals surface area contributed by atoms with E-state index in [1.54, 1.807) is 45.1 Å². The molecule has 0 saturated heterocycles. The molecule has 4 rings (SSSR count). The lowest BCUT2D eigenvalue weighted by Gasteiger charge is -2.32. The molecule has 452 valence electrons. The number of Topliss-reactive ketones (excluding diaryl/α,β-unsaturated/α-hetero) is 2. The molecule has 0 aromatic heterocycles. The highest BCUT2D eigenvalue weighted by Gasteiger charge is 2.36. The quantitative estimate of drug-likeness (QED) is 0.0789. The van der Waals surface area contributed by atoms with Gasteiger partial charge in [0, 0.05) is 81.6 Å². The highest BCUT2D eigenvalue weighted by Crippen LogP contribution is 2.31. The van der Waals surface area contributed by atoms with E-state index in [1.807, 2.05) is 20.8 Å². The first-order chi connectivity index (χ1) is 38.0. The van der Waals surface area contributed by atoms with Crippen LogP contribution >= 0.6 is 0 Å². The van der Waals surface area contributed by atoms with Crippen molar-refractivity contribution in [3.05, 3.63) is 117 Å². The van der Waals surface area contributed by atoms with Crippen LogP contribution in [0, 0.1) is 23.7 Å². The van der Waals surface area contributed by atoms with Gasteiger partial charge in [0.25, 0.3) is 11.8 Å². The molecule has 0 fully saturated rings. The zero-order valence-electron chi connectivity index (χ0n) is 48.3. The Hall–Kier alpha value is -7.57. The van der Waals surface area contributed by atoms with Gasteiger partial charge >= 0.3 is 18.2 Å². The van der Waals surface area contributed by atoms with E-state index in [9.17, 15) is 48.3 Å². The van der Waals surface area contributed by atoms with E-state index in [-0.39, 0.29) is 77.2 Å². The Kier molecular flexibility index (Phi) is 28.2. The normalized spacial score (nSPS) is 32.0. The average Bonchev–Trinajstić information content (AvgIpc) is 3.60. The predicted octanol–water partition coefficient (Wildman–Crippen LogP) is 4.65. The van der Waals surface area contributed by atoms with Gasteiger partial charge in [-0.3, -0.25) is 33.6 Å². The van der Waals surface area contributed by atoms with Crippen LogP contribution in [0.2, 0.25) is 0 Å². The summed E-state index contributed by atoms with van der Waals surface area (Å²) < 4.78 is 38.8. The van der Waals surface area contributed by atoms with Gasteiger partial charge < -0.3 is 71.8 Å². The molecule has 4 aliphatic rings. The molecule has 23 heteroatoms. The summed E-state index contributed by atoms with van der Waals surface area (Å²) in [6, 6.07) is 0. The topological polar surface area (TPSA) is 367 Å². The number of aliphatic hydroxyl groups is 1. The number of primary amides is 2. The minimum Gasteiger partial charge on any atom is -0.459 e. The summed E-state index contributed by atoms with van der Waals surface area (Å²) in [5.74, 6) is -5.34. The van der Waals surface area contributed by atoms with Crippen LogP contribution in [0.25, 0.3) is 0 Å². The Morgan fingerprint density at radius 2 is 0.963 bits per heavy atom. The number of fused-ring (bicyclic) bond motifs is 4. The number of rotatable bonds is 7. The smallest absolute Gasteiger partial charge is 0.405 e. The third-order valence-corrected chi connectivity index (χ3v) is 13.9. The first kappa shape index (κ1) is 70.5. The Morgan fingerprint density at radius 1 is 0.585 bits per heavy atom. The van der Waals surface area contributed by atoms with Gasteiger partial charge in [0.2, 0.25) is 23.1 Å². The van der Waals surface area contributed by atoms with Crippen LogP contribution in [0.1, 0.15) is 95.4 Å². The Bertz CT molecular complexity index is 2740. The van der Waals surface area contributed by atoms with Crippen LogP contribution in [0.5, 0.6) is 0 Å². The third kappa shape index (κ3) is 19.9. The minimum atomic E-state index is -1.02. The van der Waals surface area contributed by atoms with E-state index in [4.69, 9.17) is 56.1 Å². The van der Waals surface area contributed by atoms with Crippen LogP contribution in [-0.4, -0.2) is 135 Å². The third-order valence-electron chi connectivity index (χ3n) is 13.9. The zero-order valence-corrected chi connectivity index (χ0v) is 48.3. The average molecular weight is 1150 g/mol. The van der Waals surface area contributed by atoms with Crippen molar-refractivity contribution in [3.63, 3.8) is 0 Å². The number of carbonyl (C=O) groups is 9. The number of allylic oxidation sites excluding steroid dienone is 8. The summed E-state index contributed by atoms with van der Waals surface area (Å²) >= 11 is 0. The second-order valence-corrected chi connectivity index (χ2v) is 20.5. The van der Waals surface area contributed by atoms with E-state index in [1.165, 1.54) is 73.5 Å². The summed E-state index contributed by atoms with van der Waals surface area (Å²) in [6.07, 6.45) is 7.16. The van der Waals surface area contributed by atoms with Gasteiger partial charge in [0.1, 0.15) is 18.3 Å². The molecule has 11 N–H and O–H groups in total. The molecule has 0 aromatic rings. The van der Waals surface area contributed by atoms with Gasteiger partial charge in [0.15, 0.2) is 12.2 Å². The van der Waals surface area contributed by atoms with Gasteiger partial charge in [0.05, 0.1) is 41.1 Å². The van der Waals surface area contributed by atoms with Gasteiger partial charge in [-0.1, -0.05) is 83.7 Å². The Morgan fingerprint density at radius 3 is 1.32 bits per heavy atom. The molecule has 2 aliphatic heterocycles. The Labute approximate surface area is 480 Å². The molecule has 0 saturated carbocycles. The molecule has 0 radical (unpaired) electrons. The summed E-state index contributed by atoms with van der Waals surface area (Å²) in [6.45, 7) is 15.1. The van der Waals surface area contributed by atoms with E-state index in [0.29, 0.717) is 24.0 Å². The highest BCUT2D eigenvalue weighted by molar-refractivity contribution is 6.24. The number of hydrogen-bond donors (Lipinski definition) is 7. The molecule has 2 heterocycles. The lowest BCUT2D eigenvalue weighted by Crippen LogP contribution is -2.39. The SMILES string of the molecule is C.CO[C@H]1/C=C\C=C(/C)C(=O)NC2=CC(=O)C(N)=C(C[C@@H](C)C[C@H](OC)[C@@H](OC(C)=O)[C@@H](C)/C=C(\C)[C@@H]1OC(N)=O)C2=O.CO[C@H]1/C=C\C=C(/C)C(=O)NC2=CC(=O)C(N)=C(C[C@@H](C)C[C@H](OC)[C@H](O)[C@@H](C)/C=C(\C)[C@@H]1OC(N)=O)C2=O.